The number of esters is 1. The highest BCUT2D eigenvalue weighted by atomic mass is 16.5. The number of pyridine rings is 2. The third kappa shape index (κ3) is 2.36. The minimum atomic E-state index is -0.444. The highest BCUT2D eigenvalue weighted by molar-refractivity contribution is 5.94. The lowest BCUT2D eigenvalue weighted by Gasteiger charge is -2.08. The summed E-state index contributed by atoms with van der Waals surface area (Å²) in [7, 11) is 0. The summed E-state index contributed by atoms with van der Waals surface area (Å²) in [5, 5.41) is 0.443. The fourth-order valence-electron chi connectivity index (χ4n) is 1.97. The van der Waals surface area contributed by atoms with Gasteiger partial charge in [-0.05, 0) is 32.9 Å². The van der Waals surface area contributed by atoms with Gasteiger partial charge in [-0.2, -0.15) is 0 Å². The van der Waals surface area contributed by atoms with Crippen LogP contribution in [0, 0.1) is 6.92 Å². The molecular formula is C14H16N2O3. The zero-order valence-electron chi connectivity index (χ0n) is 11.3. The number of ether oxygens (including phenoxy) is 1. The molecule has 5 heteroatoms. The Morgan fingerprint density at radius 1 is 1.42 bits per heavy atom. The van der Waals surface area contributed by atoms with Gasteiger partial charge in [0.1, 0.15) is 0 Å². The van der Waals surface area contributed by atoms with Crippen LogP contribution in [0.4, 0.5) is 0 Å². The van der Waals surface area contributed by atoms with E-state index in [4.69, 9.17) is 4.74 Å². The Balaban J connectivity index is 2.68. The summed E-state index contributed by atoms with van der Waals surface area (Å²) in [4.78, 5) is 28.3. The van der Waals surface area contributed by atoms with Crippen LogP contribution in [0.15, 0.2) is 23.1 Å². The molecule has 2 rings (SSSR count). The monoisotopic (exact) mass is 260 g/mol. The minimum Gasteiger partial charge on any atom is -0.462 e. The van der Waals surface area contributed by atoms with E-state index in [1.165, 1.54) is 0 Å². The van der Waals surface area contributed by atoms with Crippen molar-refractivity contribution in [2.24, 2.45) is 0 Å². The molecule has 2 heterocycles. The van der Waals surface area contributed by atoms with Crippen LogP contribution in [0.3, 0.4) is 0 Å². The summed E-state index contributed by atoms with van der Waals surface area (Å²) < 4.78 is 6.54. The summed E-state index contributed by atoms with van der Waals surface area (Å²) in [6, 6.07) is 3.35. The van der Waals surface area contributed by atoms with Crippen molar-refractivity contribution in [3.8, 4) is 0 Å². The van der Waals surface area contributed by atoms with Crippen molar-refractivity contribution in [3.05, 3.63) is 39.9 Å². The first kappa shape index (κ1) is 13.3. The standard InChI is InChI=1S/C14H16N2O3/c1-4-16-7-6-12-11(13(16)17)8-10(9(3)15-12)14(18)19-5-2/h6-8H,4-5H2,1-3H3. The van der Waals surface area contributed by atoms with Crippen molar-refractivity contribution in [3.63, 3.8) is 0 Å². The van der Waals surface area contributed by atoms with E-state index >= 15 is 0 Å². The Morgan fingerprint density at radius 3 is 2.79 bits per heavy atom. The zero-order valence-corrected chi connectivity index (χ0v) is 11.3. The molecule has 2 aromatic heterocycles. The quantitative estimate of drug-likeness (QED) is 0.791. The molecule has 0 aromatic carbocycles. The van der Waals surface area contributed by atoms with Gasteiger partial charge < -0.3 is 9.30 Å². The van der Waals surface area contributed by atoms with Crippen LogP contribution in [0.5, 0.6) is 0 Å². The number of fused-ring (bicyclic) bond motifs is 1. The van der Waals surface area contributed by atoms with Gasteiger partial charge in [0.25, 0.3) is 5.56 Å². The van der Waals surface area contributed by atoms with E-state index in [0.29, 0.717) is 35.3 Å². The van der Waals surface area contributed by atoms with Gasteiger partial charge in [0.15, 0.2) is 0 Å². The van der Waals surface area contributed by atoms with Gasteiger partial charge in [0.05, 0.1) is 28.8 Å². The Kier molecular flexibility index (Phi) is 3.64. The number of hydrogen-bond donors (Lipinski definition) is 0. The molecule has 0 fully saturated rings. The van der Waals surface area contributed by atoms with Gasteiger partial charge in [-0.15, -0.1) is 0 Å². The van der Waals surface area contributed by atoms with Crippen molar-refractivity contribution in [1.82, 2.24) is 9.55 Å². The van der Waals surface area contributed by atoms with Crippen LogP contribution < -0.4 is 5.56 Å². The Morgan fingerprint density at radius 2 is 2.16 bits per heavy atom. The first-order valence-corrected chi connectivity index (χ1v) is 6.26. The molecule has 0 aliphatic heterocycles. The maximum Gasteiger partial charge on any atom is 0.339 e. The summed E-state index contributed by atoms with van der Waals surface area (Å²) in [5.41, 5.74) is 1.37. The number of rotatable bonds is 3. The average Bonchev–Trinajstić information content (AvgIpc) is 2.39. The van der Waals surface area contributed by atoms with Crippen molar-refractivity contribution in [1.29, 1.82) is 0 Å². The molecule has 0 unspecified atom stereocenters. The molecule has 0 saturated heterocycles. The average molecular weight is 260 g/mol. The van der Waals surface area contributed by atoms with Crippen molar-refractivity contribution >= 4 is 16.9 Å². The molecule has 0 spiro atoms. The van der Waals surface area contributed by atoms with Crippen LogP contribution >= 0.6 is 0 Å². The molecule has 2 aromatic rings. The second kappa shape index (κ2) is 5.22. The molecule has 0 atom stereocenters. The second-order valence-corrected chi connectivity index (χ2v) is 4.18. The third-order valence-corrected chi connectivity index (χ3v) is 2.98. The normalized spacial score (nSPS) is 10.7. The lowest BCUT2D eigenvalue weighted by Crippen LogP contribution is -2.19. The molecule has 5 nitrogen and oxygen atoms in total. The van der Waals surface area contributed by atoms with Crippen molar-refractivity contribution in [2.75, 3.05) is 6.61 Å². The predicted molar refractivity (Wildman–Crippen MR) is 72.4 cm³/mol. The van der Waals surface area contributed by atoms with Gasteiger partial charge in [-0.1, -0.05) is 0 Å². The second-order valence-electron chi connectivity index (χ2n) is 4.18. The van der Waals surface area contributed by atoms with E-state index in [0.717, 1.165) is 0 Å². The summed E-state index contributed by atoms with van der Waals surface area (Å²) in [5.74, 6) is -0.444. The van der Waals surface area contributed by atoms with E-state index in [1.807, 2.05) is 6.92 Å². The lowest BCUT2D eigenvalue weighted by atomic mass is 10.1. The van der Waals surface area contributed by atoms with Crippen LogP contribution in [0.25, 0.3) is 10.9 Å². The van der Waals surface area contributed by atoms with E-state index in [2.05, 4.69) is 4.98 Å². The number of carbonyl (C=O) groups is 1. The molecule has 100 valence electrons. The molecule has 0 bridgehead atoms. The zero-order chi connectivity index (χ0) is 14.0. The summed E-state index contributed by atoms with van der Waals surface area (Å²) >= 11 is 0. The maximum atomic E-state index is 12.2. The highest BCUT2D eigenvalue weighted by Crippen LogP contribution is 2.14. The van der Waals surface area contributed by atoms with Gasteiger partial charge in [-0.25, -0.2) is 4.79 Å². The van der Waals surface area contributed by atoms with Gasteiger partial charge in [0.2, 0.25) is 0 Å². The highest BCUT2D eigenvalue weighted by Gasteiger charge is 2.14. The maximum absolute atomic E-state index is 12.2. The van der Waals surface area contributed by atoms with Gasteiger partial charge in [0, 0.05) is 12.7 Å². The molecule has 0 radical (unpaired) electrons. The number of aromatic nitrogens is 2. The van der Waals surface area contributed by atoms with Crippen LogP contribution in [0.2, 0.25) is 0 Å². The summed E-state index contributed by atoms with van der Waals surface area (Å²) in [6.07, 6.45) is 1.71. The van der Waals surface area contributed by atoms with Crippen molar-refractivity contribution in [2.45, 2.75) is 27.3 Å². The molecule has 0 aliphatic carbocycles. The van der Waals surface area contributed by atoms with Crippen LogP contribution in [0.1, 0.15) is 29.9 Å². The van der Waals surface area contributed by atoms with E-state index in [9.17, 15) is 9.59 Å². The van der Waals surface area contributed by atoms with Gasteiger partial charge in [-0.3, -0.25) is 9.78 Å². The molecule has 0 N–H and O–H groups in total. The number of aryl methyl sites for hydroxylation is 2. The predicted octanol–water partition coefficient (Wildman–Crippen LogP) is 1.90. The minimum absolute atomic E-state index is 0.141. The summed E-state index contributed by atoms with van der Waals surface area (Å²) in [6.45, 7) is 6.24. The largest absolute Gasteiger partial charge is 0.462 e. The topological polar surface area (TPSA) is 61.2 Å². The fourth-order valence-corrected chi connectivity index (χ4v) is 1.97. The van der Waals surface area contributed by atoms with Gasteiger partial charge >= 0.3 is 5.97 Å². The Bertz CT molecular complexity index is 689. The molecule has 0 amide bonds. The lowest BCUT2D eigenvalue weighted by molar-refractivity contribution is 0.0525. The van der Waals surface area contributed by atoms with E-state index in [1.54, 1.807) is 36.7 Å². The first-order chi connectivity index (χ1) is 9.08. The third-order valence-electron chi connectivity index (χ3n) is 2.98. The molecule has 0 aliphatic rings. The first-order valence-electron chi connectivity index (χ1n) is 6.26. The van der Waals surface area contributed by atoms with Crippen LogP contribution in [-0.2, 0) is 11.3 Å². The number of nitrogens with zero attached hydrogens (tertiary/aromatic N) is 2. The number of carbonyl (C=O) groups excluding carboxylic acids is 1. The number of hydrogen-bond acceptors (Lipinski definition) is 4. The fraction of sp³-hybridized carbons (Fsp3) is 0.357. The smallest absolute Gasteiger partial charge is 0.339 e. The Hall–Kier alpha value is -2.17. The molecular weight excluding hydrogens is 244 g/mol. The Labute approximate surface area is 110 Å². The van der Waals surface area contributed by atoms with Crippen molar-refractivity contribution < 1.29 is 9.53 Å². The molecule has 0 saturated carbocycles. The van der Waals surface area contributed by atoms with Crippen LogP contribution in [-0.4, -0.2) is 22.1 Å². The van der Waals surface area contributed by atoms with E-state index < -0.39 is 5.97 Å². The SMILES string of the molecule is CCOC(=O)c1cc2c(=O)n(CC)ccc2nc1C. The van der Waals surface area contributed by atoms with E-state index in [-0.39, 0.29) is 5.56 Å². The molecule has 19 heavy (non-hydrogen) atoms.